The molecule has 0 atom stereocenters. The molecule has 1 aliphatic carbocycles. The largest absolute Gasteiger partial charge is 0.467 e. The molecule has 3 amide bonds. The van der Waals surface area contributed by atoms with Gasteiger partial charge >= 0.3 is 6.03 Å². The second-order valence-corrected chi connectivity index (χ2v) is 6.27. The van der Waals surface area contributed by atoms with Crippen molar-refractivity contribution >= 4 is 17.6 Å². The van der Waals surface area contributed by atoms with Crippen LogP contribution in [-0.4, -0.2) is 18.0 Å². The third-order valence-electron chi connectivity index (χ3n) is 4.35. The quantitative estimate of drug-likeness (QED) is 0.776. The lowest BCUT2D eigenvalue weighted by Crippen LogP contribution is -2.39. The van der Waals surface area contributed by atoms with Crippen LogP contribution >= 0.6 is 0 Å². The minimum Gasteiger partial charge on any atom is -0.467 e. The minimum absolute atomic E-state index is 0.186. The van der Waals surface area contributed by atoms with Crippen LogP contribution in [0.25, 0.3) is 0 Å². The summed E-state index contributed by atoms with van der Waals surface area (Å²) in [6.07, 6.45) is 7.26. The van der Waals surface area contributed by atoms with Crippen molar-refractivity contribution in [2.45, 2.75) is 44.7 Å². The topological polar surface area (TPSA) is 83.4 Å². The molecule has 6 heteroatoms. The number of amides is 3. The van der Waals surface area contributed by atoms with E-state index in [1.54, 1.807) is 42.7 Å². The number of rotatable bonds is 5. The van der Waals surface area contributed by atoms with E-state index in [-0.39, 0.29) is 18.0 Å². The third kappa shape index (κ3) is 5.11. The molecular formula is C19H23N3O3. The summed E-state index contributed by atoms with van der Waals surface area (Å²) in [5.74, 6) is 0.514. The maximum Gasteiger partial charge on any atom is 0.319 e. The maximum absolute atomic E-state index is 12.1. The highest BCUT2D eigenvalue weighted by Crippen LogP contribution is 2.17. The summed E-state index contributed by atoms with van der Waals surface area (Å²) in [5.41, 5.74) is 1.20. The summed E-state index contributed by atoms with van der Waals surface area (Å²) in [7, 11) is 0. The predicted molar refractivity (Wildman–Crippen MR) is 95.3 cm³/mol. The molecule has 3 N–H and O–H groups in total. The van der Waals surface area contributed by atoms with Gasteiger partial charge in [-0.05, 0) is 49.2 Å². The Kier molecular flexibility index (Phi) is 5.72. The average molecular weight is 341 g/mol. The Balaban J connectivity index is 1.47. The van der Waals surface area contributed by atoms with Crippen molar-refractivity contribution in [3.63, 3.8) is 0 Å². The minimum atomic E-state index is -0.193. The van der Waals surface area contributed by atoms with Crippen LogP contribution in [0.1, 0.15) is 48.2 Å². The van der Waals surface area contributed by atoms with Crippen LogP contribution in [0.2, 0.25) is 0 Å². The second kappa shape index (κ2) is 8.37. The molecule has 1 heterocycles. The molecular weight excluding hydrogens is 318 g/mol. The molecule has 2 aromatic rings. The Morgan fingerprint density at radius 3 is 2.48 bits per heavy atom. The second-order valence-electron chi connectivity index (χ2n) is 6.27. The summed E-state index contributed by atoms with van der Waals surface area (Å²) in [4.78, 5) is 24.1. The Labute approximate surface area is 147 Å². The zero-order valence-electron chi connectivity index (χ0n) is 14.1. The van der Waals surface area contributed by atoms with E-state index in [0.29, 0.717) is 23.6 Å². The van der Waals surface area contributed by atoms with Crippen molar-refractivity contribution in [3.05, 3.63) is 54.0 Å². The number of hydrogen-bond acceptors (Lipinski definition) is 3. The summed E-state index contributed by atoms with van der Waals surface area (Å²) in [6.45, 7) is 0.343. The molecule has 1 saturated carbocycles. The summed E-state index contributed by atoms with van der Waals surface area (Å²) in [6, 6.07) is 10.5. The smallest absolute Gasteiger partial charge is 0.319 e. The van der Waals surface area contributed by atoms with E-state index >= 15 is 0 Å². The van der Waals surface area contributed by atoms with E-state index in [4.69, 9.17) is 4.42 Å². The third-order valence-corrected chi connectivity index (χ3v) is 4.35. The summed E-state index contributed by atoms with van der Waals surface area (Å²) >= 11 is 0. The van der Waals surface area contributed by atoms with Gasteiger partial charge in [0.05, 0.1) is 12.8 Å². The molecule has 132 valence electrons. The van der Waals surface area contributed by atoms with Gasteiger partial charge in [0.25, 0.3) is 5.91 Å². The number of furan rings is 1. The van der Waals surface area contributed by atoms with E-state index in [1.807, 2.05) is 0 Å². The standard InChI is InChI=1S/C19H23N3O3/c23-18(20-13-17-7-4-12-25-17)14-8-10-16(11-9-14)22-19(24)21-15-5-2-1-3-6-15/h4,7-12,15H,1-3,5-6,13H2,(H,20,23)(H2,21,22,24). The Morgan fingerprint density at radius 1 is 1.04 bits per heavy atom. The van der Waals surface area contributed by atoms with Gasteiger partial charge in [-0.3, -0.25) is 4.79 Å². The molecule has 1 aliphatic rings. The van der Waals surface area contributed by atoms with Gasteiger partial charge in [-0.15, -0.1) is 0 Å². The zero-order chi connectivity index (χ0) is 17.5. The molecule has 1 aromatic carbocycles. The van der Waals surface area contributed by atoms with Crippen LogP contribution in [0.4, 0.5) is 10.5 Å². The van der Waals surface area contributed by atoms with Gasteiger partial charge in [-0.25, -0.2) is 4.79 Å². The first-order valence-electron chi connectivity index (χ1n) is 8.69. The van der Waals surface area contributed by atoms with Crippen LogP contribution in [0.5, 0.6) is 0 Å². The zero-order valence-corrected chi connectivity index (χ0v) is 14.1. The molecule has 0 spiro atoms. The maximum atomic E-state index is 12.1. The number of nitrogens with one attached hydrogen (secondary N) is 3. The molecule has 3 rings (SSSR count). The number of benzene rings is 1. The molecule has 0 unspecified atom stereocenters. The van der Waals surface area contributed by atoms with Crippen LogP contribution in [0.15, 0.2) is 47.1 Å². The number of anilines is 1. The summed E-state index contributed by atoms with van der Waals surface area (Å²) in [5, 5.41) is 8.60. The monoisotopic (exact) mass is 341 g/mol. The van der Waals surface area contributed by atoms with Crippen molar-refractivity contribution in [2.24, 2.45) is 0 Å². The number of carbonyl (C=O) groups is 2. The van der Waals surface area contributed by atoms with Gasteiger partial charge in [0, 0.05) is 17.3 Å². The Hall–Kier alpha value is -2.76. The van der Waals surface area contributed by atoms with Crippen molar-refractivity contribution in [1.82, 2.24) is 10.6 Å². The van der Waals surface area contributed by atoms with E-state index in [0.717, 1.165) is 12.8 Å². The fraction of sp³-hybridized carbons (Fsp3) is 0.368. The van der Waals surface area contributed by atoms with E-state index in [9.17, 15) is 9.59 Å². The van der Waals surface area contributed by atoms with E-state index in [2.05, 4.69) is 16.0 Å². The molecule has 6 nitrogen and oxygen atoms in total. The first-order valence-corrected chi connectivity index (χ1v) is 8.69. The lowest BCUT2D eigenvalue weighted by atomic mass is 9.96. The molecule has 0 saturated heterocycles. The molecule has 1 aromatic heterocycles. The van der Waals surface area contributed by atoms with Gasteiger partial charge in [0.15, 0.2) is 0 Å². The van der Waals surface area contributed by atoms with E-state index in [1.165, 1.54) is 19.3 Å². The number of hydrogen-bond donors (Lipinski definition) is 3. The van der Waals surface area contributed by atoms with Crippen molar-refractivity contribution < 1.29 is 14.0 Å². The van der Waals surface area contributed by atoms with Gasteiger partial charge in [0.1, 0.15) is 5.76 Å². The highest BCUT2D eigenvalue weighted by atomic mass is 16.3. The van der Waals surface area contributed by atoms with Gasteiger partial charge in [-0.2, -0.15) is 0 Å². The first kappa shape index (κ1) is 17.1. The molecule has 0 bridgehead atoms. The van der Waals surface area contributed by atoms with E-state index < -0.39 is 0 Å². The normalized spacial score (nSPS) is 14.7. The number of urea groups is 1. The highest BCUT2D eigenvalue weighted by Gasteiger charge is 2.15. The van der Waals surface area contributed by atoms with Crippen molar-refractivity contribution in [1.29, 1.82) is 0 Å². The van der Waals surface area contributed by atoms with Gasteiger partial charge < -0.3 is 20.4 Å². The first-order chi connectivity index (χ1) is 12.2. The summed E-state index contributed by atoms with van der Waals surface area (Å²) < 4.78 is 5.18. The molecule has 0 aliphatic heterocycles. The SMILES string of the molecule is O=C(Nc1ccc(C(=O)NCc2ccco2)cc1)NC1CCCCC1. The van der Waals surface area contributed by atoms with Gasteiger partial charge in [0.2, 0.25) is 0 Å². The predicted octanol–water partition coefficient (Wildman–Crippen LogP) is 3.66. The Bertz CT molecular complexity index is 689. The molecule has 1 fully saturated rings. The average Bonchev–Trinajstić information content (AvgIpc) is 3.14. The molecule has 0 radical (unpaired) electrons. The Morgan fingerprint density at radius 2 is 1.80 bits per heavy atom. The number of carbonyl (C=O) groups excluding carboxylic acids is 2. The van der Waals surface area contributed by atoms with Crippen molar-refractivity contribution in [2.75, 3.05) is 5.32 Å². The fourth-order valence-electron chi connectivity index (χ4n) is 2.99. The van der Waals surface area contributed by atoms with Crippen LogP contribution in [0.3, 0.4) is 0 Å². The van der Waals surface area contributed by atoms with Crippen LogP contribution < -0.4 is 16.0 Å². The lowest BCUT2D eigenvalue weighted by molar-refractivity contribution is 0.0948. The molecule has 25 heavy (non-hydrogen) atoms. The van der Waals surface area contributed by atoms with Crippen LogP contribution in [-0.2, 0) is 6.54 Å². The van der Waals surface area contributed by atoms with Crippen molar-refractivity contribution in [3.8, 4) is 0 Å². The lowest BCUT2D eigenvalue weighted by Gasteiger charge is -2.22. The van der Waals surface area contributed by atoms with Crippen LogP contribution in [0, 0.1) is 0 Å². The highest BCUT2D eigenvalue weighted by molar-refractivity contribution is 5.95. The fourth-order valence-corrected chi connectivity index (χ4v) is 2.99. The van der Waals surface area contributed by atoms with Gasteiger partial charge in [-0.1, -0.05) is 19.3 Å².